The summed E-state index contributed by atoms with van der Waals surface area (Å²) in [6.45, 7) is 5.34. The Labute approximate surface area is 145 Å². The molecule has 0 spiro atoms. The molecular weight excluding hydrogens is 326 g/mol. The summed E-state index contributed by atoms with van der Waals surface area (Å²) in [6.07, 6.45) is 0.285. The van der Waals surface area contributed by atoms with Gasteiger partial charge in [0.05, 0.1) is 6.61 Å². The molecule has 0 bridgehead atoms. The van der Waals surface area contributed by atoms with Crippen molar-refractivity contribution in [2.75, 3.05) is 6.61 Å². The molecule has 1 aromatic carbocycles. The molecule has 8 heteroatoms. The molecule has 2 rings (SSSR count). The maximum atomic E-state index is 11.8. The molecule has 0 atom stereocenters. The van der Waals surface area contributed by atoms with Crippen LogP contribution in [0.25, 0.3) is 11.4 Å². The first-order chi connectivity index (χ1) is 11.8. The van der Waals surface area contributed by atoms with Crippen LogP contribution < -0.4 is 10.1 Å². The summed E-state index contributed by atoms with van der Waals surface area (Å²) < 4.78 is 10.5. The molecule has 1 heterocycles. The van der Waals surface area contributed by atoms with E-state index in [1.165, 1.54) is 13.8 Å². The quantitative estimate of drug-likeness (QED) is 0.751. The van der Waals surface area contributed by atoms with Crippen molar-refractivity contribution in [3.05, 3.63) is 30.2 Å². The number of rotatable bonds is 8. The van der Waals surface area contributed by atoms with Crippen molar-refractivity contribution >= 4 is 11.9 Å². The van der Waals surface area contributed by atoms with Crippen LogP contribution in [-0.4, -0.2) is 39.3 Å². The molecule has 0 aliphatic heterocycles. The Morgan fingerprint density at radius 3 is 2.56 bits per heavy atom. The Kier molecular flexibility index (Phi) is 5.74. The molecule has 0 saturated carbocycles. The van der Waals surface area contributed by atoms with Gasteiger partial charge in [-0.2, -0.15) is 4.98 Å². The first kappa shape index (κ1) is 18.4. The van der Waals surface area contributed by atoms with Gasteiger partial charge >= 0.3 is 5.97 Å². The largest absolute Gasteiger partial charge is 0.494 e. The molecule has 1 amide bonds. The number of hydrogen-bond donors (Lipinski definition) is 2. The predicted molar refractivity (Wildman–Crippen MR) is 89.1 cm³/mol. The maximum Gasteiger partial charge on any atom is 0.328 e. The van der Waals surface area contributed by atoms with E-state index in [1.807, 2.05) is 31.2 Å². The Hall–Kier alpha value is -2.90. The summed E-state index contributed by atoms with van der Waals surface area (Å²) in [5, 5.41) is 15.3. The topological polar surface area (TPSA) is 115 Å². The van der Waals surface area contributed by atoms with Crippen LogP contribution in [-0.2, 0) is 16.0 Å². The Morgan fingerprint density at radius 1 is 1.28 bits per heavy atom. The van der Waals surface area contributed by atoms with E-state index >= 15 is 0 Å². The number of aliphatic carboxylic acids is 1. The van der Waals surface area contributed by atoms with Gasteiger partial charge in [-0.15, -0.1) is 0 Å². The second-order valence-corrected chi connectivity index (χ2v) is 5.95. The number of amides is 1. The van der Waals surface area contributed by atoms with E-state index in [2.05, 4.69) is 15.5 Å². The summed E-state index contributed by atoms with van der Waals surface area (Å²) in [7, 11) is 0. The summed E-state index contributed by atoms with van der Waals surface area (Å²) in [6, 6.07) is 7.27. The normalized spacial score (nSPS) is 11.2. The lowest BCUT2D eigenvalue weighted by molar-refractivity contribution is -0.146. The van der Waals surface area contributed by atoms with E-state index in [0.717, 1.165) is 11.3 Å². The van der Waals surface area contributed by atoms with E-state index in [4.69, 9.17) is 14.4 Å². The molecule has 25 heavy (non-hydrogen) atoms. The zero-order valence-corrected chi connectivity index (χ0v) is 14.4. The molecule has 134 valence electrons. The van der Waals surface area contributed by atoms with Gasteiger partial charge in [0.2, 0.25) is 17.6 Å². The third kappa shape index (κ3) is 5.03. The number of nitrogens with one attached hydrogen (secondary N) is 1. The zero-order chi connectivity index (χ0) is 18.4. The molecule has 2 aromatic rings. The number of carbonyl (C=O) groups is 2. The fourth-order valence-electron chi connectivity index (χ4n) is 2.03. The van der Waals surface area contributed by atoms with Gasteiger partial charge in [0.15, 0.2) is 0 Å². The highest BCUT2D eigenvalue weighted by Gasteiger charge is 2.28. The van der Waals surface area contributed by atoms with Crippen molar-refractivity contribution < 1.29 is 24.0 Å². The third-order valence-electron chi connectivity index (χ3n) is 3.44. The number of ether oxygens (including phenoxy) is 1. The van der Waals surface area contributed by atoms with Crippen LogP contribution in [0.1, 0.15) is 33.1 Å². The predicted octanol–water partition coefficient (Wildman–Crippen LogP) is 2.05. The summed E-state index contributed by atoms with van der Waals surface area (Å²) in [5.41, 5.74) is -0.547. The molecular formula is C17H21N3O5. The van der Waals surface area contributed by atoms with E-state index in [-0.39, 0.29) is 12.8 Å². The average molecular weight is 347 g/mol. The van der Waals surface area contributed by atoms with Gasteiger partial charge in [-0.1, -0.05) is 5.16 Å². The lowest BCUT2D eigenvalue weighted by Gasteiger charge is -2.20. The molecule has 0 fully saturated rings. The van der Waals surface area contributed by atoms with Crippen LogP contribution in [0, 0.1) is 0 Å². The lowest BCUT2D eigenvalue weighted by Crippen LogP contribution is -2.49. The second-order valence-electron chi connectivity index (χ2n) is 5.95. The van der Waals surface area contributed by atoms with Crippen LogP contribution in [0.2, 0.25) is 0 Å². The zero-order valence-electron chi connectivity index (χ0n) is 14.4. The molecule has 0 aliphatic carbocycles. The van der Waals surface area contributed by atoms with Crippen molar-refractivity contribution in [2.24, 2.45) is 0 Å². The van der Waals surface area contributed by atoms with Gasteiger partial charge in [0.25, 0.3) is 0 Å². The molecule has 0 unspecified atom stereocenters. The van der Waals surface area contributed by atoms with E-state index < -0.39 is 17.4 Å². The summed E-state index contributed by atoms with van der Waals surface area (Å²) in [4.78, 5) is 27.1. The van der Waals surface area contributed by atoms with Gasteiger partial charge < -0.3 is 19.7 Å². The third-order valence-corrected chi connectivity index (χ3v) is 3.44. The maximum absolute atomic E-state index is 11.8. The monoisotopic (exact) mass is 347 g/mol. The van der Waals surface area contributed by atoms with Gasteiger partial charge in [-0.05, 0) is 45.0 Å². The Bertz CT molecular complexity index is 737. The van der Waals surface area contributed by atoms with Crippen LogP contribution in [0.15, 0.2) is 28.8 Å². The minimum Gasteiger partial charge on any atom is -0.494 e. The van der Waals surface area contributed by atoms with Crippen molar-refractivity contribution in [1.82, 2.24) is 15.5 Å². The number of carbonyl (C=O) groups excluding carboxylic acids is 1. The number of benzene rings is 1. The van der Waals surface area contributed by atoms with E-state index in [9.17, 15) is 9.59 Å². The van der Waals surface area contributed by atoms with Crippen LogP contribution in [0.5, 0.6) is 5.75 Å². The van der Waals surface area contributed by atoms with Crippen molar-refractivity contribution in [3.8, 4) is 17.1 Å². The fourth-order valence-corrected chi connectivity index (χ4v) is 2.03. The number of carboxylic acid groups (broad SMARTS) is 1. The number of aromatic nitrogens is 2. The number of aryl methyl sites for hydroxylation is 1. The highest BCUT2D eigenvalue weighted by Crippen LogP contribution is 2.20. The van der Waals surface area contributed by atoms with E-state index in [1.54, 1.807) is 0 Å². The standard InChI is InChI=1S/C17H21N3O5/c1-4-24-12-7-5-11(6-8-12)15-18-14(25-20-15)10-9-13(21)19-17(2,3)16(22)23/h5-8H,4,9-10H2,1-3H3,(H,19,21)(H,22,23). The minimum absolute atomic E-state index is 0.0572. The Balaban J connectivity index is 1.93. The number of hydrogen-bond acceptors (Lipinski definition) is 6. The van der Waals surface area contributed by atoms with Crippen molar-refractivity contribution in [2.45, 2.75) is 39.2 Å². The SMILES string of the molecule is CCOc1ccc(-c2noc(CCC(=O)NC(C)(C)C(=O)O)n2)cc1. The number of carboxylic acids is 1. The number of nitrogens with zero attached hydrogens (tertiary/aromatic N) is 2. The minimum atomic E-state index is -1.32. The smallest absolute Gasteiger partial charge is 0.328 e. The van der Waals surface area contributed by atoms with Crippen molar-refractivity contribution in [3.63, 3.8) is 0 Å². The molecule has 0 radical (unpaired) electrons. The lowest BCUT2D eigenvalue weighted by atomic mass is 10.1. The highest BCUT2D eigenvalue weighted by atomic mass is 16.5. The van der Waals surface area contributed by atoms with Crippen LogP contribution in [0.3, 0.4) is 0 Å². The molecule has 2 N–H and O–H groups in total. The first-order valence-electron chi connectivity index (χ1n) is 7.92. The highest BCUT2D eigenvalue weighted by molar-refractivity contribution is 5.86. The van der Waals surface area contributed by atoms with E-state index in [0.29, 0.717) is 18.3 Å². The molecule has 1 aromatic heterocycles. The van der Waals surface area contributed by atoms with Crippen LogP contribution >= 0.6 is 0 Å². The fraction of sp³-hybridized carbons (Fsp3) is 0.412. The first-order valence-corrected chi connectivity index (χ1v) is 7.92. The van der Waals surface area contributed by atoms with Gasteiger partial charge in [0.1, 0.15) is 11.3 Å². The van der Waals surface area contributed by atoms with Crippen LogP contribution in [0.4, 0.5) is 0 Å². The van der Waals surface area contributed by atoms with Gasteiger partial charge in [-0.3, -0.25) is 4.79 Å². The molecule has 0 aliphatic rings. The molecule has 0 saturated heterocycles. The molecule has 8 nitrogen and oxygen atoms in total. The summed E-state index contributed by atoms with van der Waals surface area (Å²) >= 11 is 0. The Morgan fingerprint density at radius 2 is 1.96 bits per heavy atom. The van der Waals surface area contributed by atoms with Gasteiger partial charge in [-0.25, -0.2) is 4.79 Å². The van der Waals surface area contributed by atoms with Gasteiger partial charge in [0, 0.05) is 18.4 Å². The van der Waals surface area contributed by atoms with Crippen molar-refractivity contribution in [1.29, 1.82) is 0 Å². The summed E-state index contributed by atoms with van der Waals surface area (Å²) in [5.74, 6) is -0.00573. The average Bonchev–Trinajstić information content (AvgIpc) is 3.02. The second kappa shape index (κ2) is 7.78.